The predicted octanol–water partition coefficient (Wildman–Crippen LogP) is 1.68. The number of hydrogen-bond donors (Lipinski definition) is 2. The van der Waals surface area contributed by atoms with Crippen molar-refractivity contribution in [2.75, 3.05) is 32.7 Å². The zero-order valence-electron chi connectivity index (χ0n) is 17.8. The minimum atomic E-state index is -0.704. The van der Waals surface area contributed by atoms with Crippen LogP contribution in [0.2, 0.25) is 0 Å². The van der Waals surface area contributed by atoms with Crippen LogP contribution in [0.3, 0.4) is 0 Å². The summed E-state index contributed by atoms with van der Waals surface area (Å²) in [5, 5.41) is 5.57. The average molecular weight is 466 g/mol. The van der Waals surface area contributed by atoms with Crippen molar-refractivity contribution < 1.29 is 19.2 Å². The van der Waals surface area contributed by atoms with Crippen LogP contribution in [-0.2, 0) is 16.0 Å². The number of carbonyl (C=O) groups excluding carboxylic acids is 4. The highest BCUT2D eigenvalue weighted by molar-refractivity contribution is 7.12. The highest BCUT2D eigenvalue weighted by Crippen LogP contribution is 2.21. The zero-order valence-corrected chi connectivity index (χ0v) is 18.6. The number of urea groups is 1. The molecule has 2 aliphatic heterocycles. The normalized spacial score (nSPS) is 18.8. The first-order valence-electron chi connectivity index (χ1n) is 10.8. The molecule has 3 aromatic rings. The fraction of sp³-hybridized carbons (Fsp3) is 0.304. The number of thiophene rings is 1. The van der Waals surface area contributed by atoms with Gasteiger partial charge in [0.2, 0.25) is 5.91 Å². The molecule has 33 heavy (non-hydrogen) atoms. The van der Waals surface area contributed by atoms with E-state index in [1.54, 1.807) is 15.9 Å². The summed E-state index contributed by atoms with van der Waals surface area (Å²) in [6.45, 7) is 1.29. The van der Waals surface area contributed by atoms with Gasteiger partial charge in [-0.1, -0.05) is 24.3 Å². The van der Waals surface area contributed by atoms with Crippen LogP contribution in [0.1, 0.15) is 15.2 Å². The third-order valence-corrected chi connectivity index (χ3v) is 7.01. The van der Waals surface area contributed by atoms with Crippen molar-refractivity contribution in [2.24, 2.45) is 0 Å². The summed E-state index contributed by atoms with van der Waals surface area (Å²) in [5.74, 6) is -0.731. The quantitative estimate of drug-likeness (QED) is 0.559. The number of nitrogens with one attached hydrogen (secondary N) is 2. The van der Waals surface area contributed by atoms with Crippen molar-refractivity contribution in [3.63, 3.8) is 0 Å². The fourth-order valence-electron chi connectivity index (χ4n) is 4.34. The van der Waals surface area contributed by atoms with E-state index in [1.807, 2.05) is 41.9 Å². The highest BCUT2D eigenvalue weighted by Gasteiger charge is 2.40. The van der Waals surface area contributed by atoms with E-state index in [1.165, 1.54) is 11.3 Å². The molecule has 5 amide bonds. The lowest BCUT2D eigenvalue weighted by molar-refractivity contribution is -0.138. The van der Waals surface area contributed by atoms with Gasteiger partial charge in [0, 0.05) is 49.7 Å². The molecule has 1 aromatic carbocycles. The maximum Gasteiger partial charge on any atom is 0.325 e. The molecule has 0 spiro atoms. The number of fused-ring (bicyclic) bond motifs is 1. The van der Waals surface area contributed by atoms with Gasteiger partial charge >= 0.3 is 6.03 Å². The number of imide groups is 1. The molecular formula is C23H23N5O4S. The molecule has 2 aliphatic rings. The molecular weight excluding hydrogens is 442 g/mol. The second-order valence-electron chi connectivity index (χ2n) is 8.14. The van der Waals surface area contributed by atoms with E-state index >= 15 is 0 Å². The third-order valence-electron chi connectivity index (χ3n) is 6.15. The molecule has 5 rings (SSSR count). The van der Waals surface area contributed by atoms with E-state index in [0.717, 1.165) is 21.4 Å². The van der Waals surface area contributed by atoms with Gasteiger partial charge in [-0.15, -0.1) is 11.3 Å². The Morgan fingerprint density at radius 3 is 2.52 bits per heavy atom. The number of nitrogens with zero attached hydrogens (tertiary/aromatic N) is 3. The number of H-pyrrole nitrogens is 1. The van der Waals surface area contributed by atoms with E-state index in [2.05, 4.69) is 10.3 Å². The van der Waals surface area contributed by atoms with E-state index in [9.17, 15) is 19.2 Å². The Labute approximate surface area is 193 Å². The predicted molar refractivity (Wildman–Crippen MR) is 123 cm³/mol. The molecule has 170 valence electrons. The maximum atomic E-state index is 12.9. The van der Waals surface area contributed by atoms with Gasteiger partial charge in [0.05, 0.1) is 4.88 Å². The number of aromatic amines is 1. The molecule has 9 nitrogen and oxygen atoms in total. The van der Waals surface area contributed by atoms with Gasteiger partial charge < -0.3 is 20.1 Å². The Hall–Kier alpha value is -3.66. The number of carbonyl (C=O) groups is 4. The van der Waals surface area contributed by atoms with Crippen LogP contribution in [0.5, 0.6) is 0 Å². The molecule has 4 heterocycles. The molecule has 10 heteroatoms. The summed E-state index contributed by atoms with van der Waals surface area (Å²) in [6, 6.07) is 10.1. The molecule has 0 aliphatic carbocycles. The van der Waals surface area contributed by atoms with E-state index in [4.69, 9.17) is 0 Å². The van der Waals surface area contributed by atoms with Gasteiger partial charge in [0.25, 0.3) is 11.8 Å². The standard InChI is InChI=1S/C23H23N5O4S/c29-20(26-7-9-27(10-8-26)22(31)19-6-3-11-33-19)14-28-21(30)18(25-23(28)32)12-15-13-24-17-5-2-1-4-16(15)17/h1-6,11,13,18,24H,7-10,12,14H2,(H,25,32). The van der Waals surface area contributed by atoms with Crippen molar-refractivity contribution in [2.45, 2.75) is 12.5 Å². The van der Waals surface area contributed by atoms with Crippen LogP contribution in [0.4, 0.5) is 4.79 Å². The van der Waals surface area contributed by atoms with Crippen molar-refractivity contribution in [1.29, 1.82) is 0 Å². The summed E-state index contributed by atoms with van der Waals surface area (Å²) in [5.41, 5.74) is 1.90. The van der Waals surface area contributed by atoms with Gasteiger partial charge in [0.1, 0.15) is 12.6 Å². The van der Waals surface area contributed by atoms with Crippen LogP contribution < -0.4 is 5.32 Å². The first-order valence-corrected chi connectivity index (χ1v) is 11.7. The number of hydrogen-bond acceptors (Lipinski definition) is 5. The molecule has 2 N–H and O–H groups in total. The van der Waals surface area contributed by atoms with E-state index in [0.29, 0.717) is 37.5 Å². The number of amides is 5. The van der Waals surface area contributed by atoms with Crippen LogP contribution >= 0.6 is 11.3 Å². The highest BCUT2D eigenvalue weighted by atomic mass is 32.1. The van der Waals surface area contributed by atoms with Crippen LogP contribution in [0, 0.1) is 0 Å². The van der Waals surface area contributed by atoms with Crippen LogP contribution in [0.25, 0.3) is 10.9 Å². The Kier molecular flexibility index (Phi) is 5.59. The summed E-state index contributed by atoms with van der Waals surface area (Å²) >= 11 is 1.39. The first-order chi connectivity index (χ1) is 16.0. The Morgan fingerprint density at radius 1 is 1.00 bits per heavy atom. The fourth-order valence-corrected chi connectivity index (χ4v) is 5.03. The Morgan fingerprint density at radius 2 is 1.76 bits per heavy atom. The summed E-state index contributed by atoms with van der Waals surface area (Å²) in [4.78, 5) is 58.8. The van der Waals surface area contributed by atoms with Gasteiger partial charge in [-0.25, -0.2) is 4.79 Å². The lowest BCUT2D eigenvalue weighted by Gasteiger charge is -2.35. The van der Waals surface area contributed by atoms with Crippen molar-refractivity contribution in [3.05, 3.63) is 58.4 Å². The number of benzene rings is 1. The number of para-hydroxylation sites is 1. The van der Waals surface area contributed by atoms with Gasteiger partial charge in [-0.2, -0.15) is 0 Å². The Bertz CT molecular complexity index is 1210. The zero-order chi connectivity index (χ0) is 22.9. The molecule has 2 saturated heterocycles. The van der Waals surface area contributed by atoms with Gasteiger partial charge in [-0.05, 0) is 23.1 Å². The molecule has 1 atom stereocenters. The van der Waals surface area contributed by atoms with Gasteiger partial charge in [-0.3, -0.25) is 19.3 Å². The van der Waals surface area contributed by atoms with Crippen LogP contribution in [-0.4, -0.2) is 82.2 Å². The minimum Gasteiger partial charge on any atom is -0.361 e. The number of piperazine rings is 1. The number of aromatic nitrogens is 1. The maximum absolute atomic E-state index is 12.9. The Balaban J connectivity index is 1.17. The van der Waals surface area contributed by atoms with Gasteiger partial charge in [0.15, 0.2) is 0 Å². The third kappa shape index (κ3) is 4.09. The van der Waals surface area contributed by atoms with E-state index < -0.39 is 18.0 Å². The average Bonchev–Trinajstić information content (AvgIpc) is 3.56. The van der Waals surface area contributed by atoms with Crippen molar-refractivity contribution >= 4 is 46.0 Å². The molecule has 1 unspecified atom stereocenters. The lowest BCUT2D eigenvalue weighted by Crippen LogP contribution is -2.53. The molecule has 0 radical (unpaired) electrons. The topological polar surface area (TPSA) is 106 Å². The SMILES string of the molecule is O=C(CN1C(=O)NC(Cc2c[nH]c3ccccc23)C1=O)N1CCN(C(=O)c2cccs2)CC1. The van der Waals surface area contributed by atoms with Crippen LogP contribution in [0.15, 0.2) is 48.0 Å². The first kappa shape index (κ1) is 21.2. The second-order valence-corrected chi connectivity index (χ2v) is 9.09. The molecule has 2 aromatic heterocycles. The summed E-state index contributed by atoms with van der Waals surface area (Å²) in [7, 11) is 0. The smallest absolute Gasteiger partial charge is 0.325 e. The summed E-state index contributed by atoms with van der Waals surface area (Å²) < 4.78 is 0. The molecule has 2 fully saturated rings. The van der Waals surface area contributed by atoms with E-state index in [-0.39, 0.29) is 18.4 Å². The van der Waals surface area contributed by atoms with Crippen molar-refractivity contribution in [3.8, 4) is 0 Å². The summed E-state index contributed by atoms with van der Waals surface area (Å²) in [6.07, 6.45) is 2.19. The lowest BCUT2D eigenvalue weighted by atomic mass is 10.1. The molecule has 0 bridgehead atoms. The number of rotatable bonds is 5. The minimum absolute atomic E-state index is 0.0358. The molecule has 0 saturated carbocycles. The monoisotopic (exact) mass is 465 g/mol. The second kappa shape index (κ2) is 8.70. The van der Waals surface area contributed by atoms with Crippen molar-refractivity contribution in [1.82, 2.24) is 25.0 Å². The largest absolute Gasteiger partial charge is 0.361 e.